The van der Waals surface area contributed by atoms with Crippen molar-refractivity contribution in [1.29, 1.82) is 0 Å². The van der Waals surface area contributed by atoms with Crippen LogP contribution in [0.4, 0.5) is 0 Å². The molecule has 2 heteroatoms. The maximum absolute atomic E-state index is 5.69. The summed E-state index contributed by atoms with van der Waals surface area (Å²) in [5.74, 6) is 1.43. The third kappa shape index (κ3) is 0.663. The number of ether oxygens (including phenoxy) is 1. The first kappa shape index (κ1) is 6.62. The third-order valence-electron chi connectivity index (χ3n) is 3.06. The molecule has 0 aromatic carbocycles. The number of nitrogens with one attached hydrogen (secondary N) is 1. The molecule has 10 heavy (non-hydrogen) atoms. The van der Waals surface area contributed by atoms with Crippen molar-refractivity contribution >= 4 is 0 Å². The van der Waals surface area contributed by atoms with Crippen molar-refractivity contribution in [3.8, 4) is 0 Å². The zero-order valence-electron chi connectivity index (χ0n) is 6.68. The van der Waals surface area contributed by atoms with Gasteiger partial charge in [0.2, 0.25) is 0 Å². The van der Waals surface area contributed by atoms with Gasteiger partial charge in [0.25, 0.3) is 0 Å². The maximum Gasteiger partial charge on any atom is 0.125 e. The third-order valence-corrected chi connectivity index (χ3v) is 3.06. The van der Waals surface area contributed by atoms with E-state index < -0.39 is 0 Å². The molecule has 0 radical (unpaired) electrons. The Morgan fingerprint density at radius 2 is 2.10 bits per heavy atom. The van der Waals surface area contributed by atoms with Gasteiger partial charge in [-0.05, 0) is 13.0 Å². The minimum absolute atomic E-state index is 0.0955. The lowest BCUT2D eigenvalue weighted by molar-refractivity contribution is -0.0379. The summed E-state index contributed by atoms with van der Waals surface area (Å²) in [6, 6.07) is 0. The molecule has 1 aliphatic carbocycles. The van der Waals surface area contributed by atoms with E-state index in [-0.39, 0.29) is 5.72 Å². The van der Waals surface area contributed by atoms with Crippen LogP contribution < -0.4 is 5.32 Å². The van der Waals surface area contributed by atoms with E-state index in [2.05, 4.69) is 19.2 Å². The van der Waals surface area contributed by atoms with Crippen LogP contribution in [0.5, 0.6) is 0 Å². The fourth-order valence-corrected chi connectivity index (χ4v) is 1.97. The van der Waals surface area contributed by atoms with Crippen LogP contribution in [-0.4, -0.2) is 18.9 Å². The maximum atomic E-state index is 5.69. The first-order valence-corrected chi connectivity index (χ1v) is 4.16. The van der Waals surface area contributed by atoms with E-state index in [0.29, 0.717) is 11.8 Å². The quantitative estimate of drug-likeness (QED) is 0.543. The molecule has 2 unspecified atom stereocenters. The highest BCUT2D eigenvalue weighted by Crippen LogP contribution is 2.51. The molecule has 1 N–H and O–H groups in total. The van der Waals surface area contributed by atoms with Gasteiger partial charge in [-0.3, -0.25) is 5.32 Å². The predicted molar refractivity (Wildman–Crippen MR) is 39.6 cm³/mol. The highest BCUT2D eigenvalue weighted by atomic mass is 16.5. The van der Waals surface area contributed by atoms with Gasteiger partial charge in [-0.2, -0.15) is 0 Å². The second-order valence-corrected chi connectivity index (χ2v) is 3.50. The van der Waals surface area contributed by atoms with Crippen LogP contribution in [-0.2, 0) is 4.74 Å². The van der Waals surface area contributed by atoms with Crippen molar-refractivity contribution in [2.75, 3.05) is 13.2 Å². The second kappa shape index (κ2) is 1.95. The highest BCUT2D eigenvalue weighted by Gasteiger charge is 2.61. The predicted octanol–water partition coefficient (Wildman–Crippen LogP) is 0.978. The lowest BCUT2D eigenvalue weighted by atomic mass is 10.3. The molecular formula is C8H15NO. The fraction of sp³-hybridized carbons (Fsp3) is 1.00. The molecule has 1 aliphatic heterocycles. The highest BCUT2D eigenvalue weighted by molar-refractivity contribution is 5.08. The zero-order chi connectivity index (χ0) is 7.19. The van der Waals surface area contributed by atoms with Crippen molar-refractivity contribution in [3.05, 3.63) is 0 Å². The van der Waals surface area contributed by atoms with Gasteiger partial charge in [-0.15, -0.1) is 0 Å². The summed E-state index contributed by atoms with van der Waals surface area (Å²) in [6.45, 7) is 6.59. The zero-order valence-corrected chi connectivity index (χ0v) is 6.68. The van der Waals surface area contributed by atoms with Crippen LogP contribution in [0, 0.1) is 11.8 Å². The Balaban J connectivity index is 2.03. The van der Waals surface area contributed by atoms with E-state index in [4.69, 9.17) is 4.74 Å². The van der Waals surface area contributed by atoms with Gasteiger partial charge in [0.1, 0.15) is 5.72 Å². The van der Waals surface area contributed by atoms with Crippen molar-refractivity contribution < 1.29 is 4.74 Å². The molecule has 0 amide bonds. The van der Waals surface area contributed by atoms with Crippen LogP contribution in [0.2, 0.25) is 0 Å². The number of hydrogen-bond acceptors (Lipinski definition) is 2. The van der Waals surface area contributed by atoms with Gasteiger partial charge in [-0.1, -0.05) is 13.8 Å². The molecule has 58 valence electrons. The molecule has 1 saturated carbocycles. The first-order chi connectivity index (χ1) is 4.77. The van der Waals surface area contributed by atoms with E-state index in [1.807, 2.05) is 0 Å². The summed E-state index contributed by atoms with van der Waals surface area (Å²) in [5, 5.41) is 3.45. The SMILES string of the molecule is CC1C(C)C12NCCCO2. The van der Waals surface area contributed by atoms with E-state index in [0.717, 1.165) is 13.2 Å². The topological polar surface area (TPSA) is 21.3 Å². The molecule has 1 spiro atoms. The van der Waals surface area contributed by atoms with E-state index in [1.54, 1.807) is 0 Å². The minimum atomic E-state index is 0.0955. The van der Waals surface area contributed by atoms with Gasteiger partial charge in [0.05, 0.1) is 6.61 Å². The van der Waals surface area contributed by atoms with E-state index in [9.17, 15) is 0 Å². The second-order valence-electron chi connectivity index (χ2n) is 3.50. The average molecular weight is 141 g/mol. The summed E-state index contributed by atoms with van der Waals surface area (Å²) in [6.07, 6.45) is 1.17. The Labute approximate surface area is 61.9 Å². The van der Waals surface area contributed by atoms with Crippen LogP contribution >= 0.6 is 0 Å². The molecule has 2 atom stereocenters. The summed E-state index contributed by atoms with van der Waals surface area (Å²) in [7, 11) is 0. The first-order valence-electron chi connectivity index (χ1n) is 4.16. The van der Waals surface area contributed by atoms with E-state index >= 15 is 0 Å². The van der Waals surface area contributed by atoms with Crippen molar-refractivity contribution in [3.63, 3.8) is 0 Å². The summed E-state index contributed by atoms with van der Waals surface area (Å²) >= 11 is 0. The molecular weight excluding hydrogens is 126 g/mol. The van der Waals surface area contributed by atoms with Gasteiger partial charge in [0.15, 0.2) is 0 Å². The van der Waals surface area contributed by atoms with Gasteiger partial charge in [-0.25, -0.2) is 0 Å². The average Bonchev–Trinajstić information content (AvgIpc) is 2.45. The van der Waals surface area contributed by atoms with E-state index in [1.165, 1.54) is 6.42 Å². The molecule has 0 aromatic rings. The Hall–Kier alpha value is -0.0800. The Bertz CT molecular complexity index is 130. The molecule has 2 aliphatic rings. The Morgan fingerprint density at radius 3 is 2.40 bits per heavy atom. The normalized spacial score (nSPS) is 53.4. The lowest BCUT2D eigenvalue weighted by Crippen LogP contribution is -2.42. The molecule has 0 aromatic heterocycles. The molecule has 1 saturated heterocycles. The standard InChI is InChI=1S/C8H15NO/c1-6-7(2)8(6)9-4-3-5-10-8/h6-7,9H,3-5H2,1-2H3. The largest absolute Gasteiger partial charge is 0.360 e. The monoisotopic (exact) mass is 141 g/mol. The van der Waals surface area contributed by atoms with Gasteiger partial charge >= 0.3 is 0 Å². The van der Waals surface area contributed by atoms with Crippen LogP contribution in [0.25, 0.3) is 0 Å². The summed E-state index contributed by atoms with van der Waals surface area (Å²) in [4.78, 5) is 0. The summed E-state index contributed by atoms with van der Waals surface area (Å²) in [5.41, 5.74) is 0.0955. The number of rotatable bonds is 0. The van der Waals surface area contributed by atoms with Crippen LogP contribution in [0.15, 0.2) is 0 Å². The molecule has 1 heterocycles. The fourth-order valence-electron chi connectivity index (χ4n) is 1.97. The van der Waals surface area contributed by atoms with Crippen LogP contribution in [0.1, 0.15) is 20.3 Å². The molecule has 2 rings (SSSR count). The summed E-state index contributed by atoms with van der Waals surface area (Å²) < 4.78 is 5.69. The minimum Gasteiger partial charge on any atom is -0.360 e. The van der Waals surface area contributed by atoms with Gasteiger partial charge < -0.3 is 4.74 Å². The van der Waals surface area contributed by atoms with Crippen molar-refractivity contribution in [1.82, 2.24) is 5.32 Å². The number of hydrogen-bond donors (Lipinski definition) is 1. The molecule has 2 fully saturated rings. The molecule has 2 nitrogen and oxygen atoms in total. The molecule has 0 bridgehead atoms. The lowest BCUT2D eigenvalue weighted by Gasteiger charge is -2.25. The van der Waals surface area contributed by atoms with Crippen molar-refractivity contribution in [2.45, 2.75) is 26.0 Å². The van der Waals surface area contributed by atoms with Gasteiger partial charge in [0, 0.05) is 11.8 Å². The Morgan fingerprint density at radius 1 is 1.40 bits per heavy atom. The van der Waals surface area contributed by atoms with Crippen molar-refractivity contribution in [2.24, 2.45) is 11.8 Å². The smallest absolute Gasteiger partial charge is 0.125 e. The van der Waals surface area contributed by atoms with Crippen LogP contribution in [0.3, 0.4) is 0 Å². The Kier molecular flexibility index (Phi) is 1.29.